The van der Waals surface area contributed by atoms with E-state index < -0.39 is 6.85 Å². The largest absolute Gasteiger partial charge is 0.311 e. The summed E-state index contributed by atoms with van der Waals surface area (Å²) in [7, 11) is 0. The second-order valence-electron chi connectivity index (χ2n) is 26.2. The van der Waals surface area contributed by atoms with E-state index in [1.165, 1.54) is 49.9 Å². The molecule has 0 saturated heterocycles. The molecule has 0 N–H and O–H groups in total. The molecule has 0 unspecified atom stereocenters. The first kappa shape index (κ1) is 43.0. The van der Waals surface area contributed by atoms with Crippen LogP contribution in [0.2, 0.25) is 0 Å². The topological polar surface area (TPSA) is 6.48 Å². The summed E-state index contributed by atoms with van der Waals surface area (Å²) >= 11 is 0. The SMILES string of the molecule is [2H]C([2H])([2H])c1cc2c3c(c1)N(c1cc(-c4ccccc4)c(C(C)(C)C)cc1-c1ccccc1)c1cc(C(C)(C)C)ccc1B3c1cc3c(cc1N2c1ccc2c(c1)C(C)(C)CCC2(C)C)C(C)(C)CCC3(C)C. The van der Waals surface area contributed by atoms with Crippen molar-refractivity contribution in [2.45, 2.75) is 162 Å². The molecule has 3 heteroatoms. The minimum atomic E-state index is -2.40. The highest BCUT2D eigenvalue weighted by atomic mass is 15.2. The highest BCUT2D eigenvalue weighted by molar-refractivity contribution is 7.00. The highest BCUT2D eigenvalue weighted by Crippen LogP contribution is 2.54. The quantitative estimate of drug-likeness (QED) is 0.162. The molecule has 0 spiro atoms. The van der Waals surface area contributed by atoms with Crippen molar-refractivity contribution in [1.29, 1.82) is 0 Å². The lowest BCUT2D eigenvalue weighted by Crippen LogP contribution is -2.62. The summed E-state index contributed by atoms with van der Waals surface area (Å²) in [4.78, 5) is 4.96. The van der Waals surface area contributed by atoms with Gasteiger partial charge >= 0.3 is 0 Å². The number of benzene rings is 7. The van der Waals surface area contributed by atoms with Crippen molar-refractivity contribution in [2.75, 3.05) is 9.80 Å². The predicted molar refractivity (Wildman–Crippen MR) is 304 cm³/mol. The maximum Gasteiger partial charge on any atom is 0.252 e. The van der Waals surface area contributed by atoms with Gasteiger partial charge in [-0.1, -0.05) is 182 Å². The molecule has 2 aliphatic heterocycles. The zero-order valence-corrected chi connectivity index (χ0v) is 44.5. The van der Waals surface area contributed by atoms with Crippen molar-refractivity contribution in [2.24, 2.45) is 0 Å². The molecule has 7 aromatic rings. The zero-order chi connectivity index (χ0) is 52.2. The van der Waals surface area contributed by atoms with Crippen molar-refractivity contribution < 1.29 is 4.11 Å². The molecule has 70 heavy (non-hydrogen) atoms. The number of hydrogen-bond acceptors (Lipinski definition) is 2. The van der Waals surface area contributed by atoms with Gasteiger partial charge in [-0.25, -0.2) is 0 Å². The van der Waals surface area contributed by atoms with Crippen LogP contribution in [-0.2, 0) is 32.5 Å². The lowest BCUT2D eigenvalue weighted by atomic mass is 9.33. The van der Waals surface area contributed by atoms with Crippen molar-refractivity contribution >= 4 is 57.2 Å². The van der Waals surface area contributed by atoms with Gasteiger partial charge in [-0.05, 0) is 186 Å². The van der Waals surface area contributed by atoms with Gasteiger partial charge in [-0.3, -0.25) is 0 Å². The van der Waals surface area contributed by atoms with E-state index in [1.54, 1.807) is 0 Å². The lowest BCUT2D eigenvalue weighted by molar-refractivity contribution is 0.332. The van der Waals surface area contributed by atoms with Crippen molar-refractivity contribution in [3.8, 4) is 22.3 Å². The molecule has 2 heterocycles. The Morgan fingerprint density at radius 3 is 1.54 bits per heavy atom. The van der Waals surface area contributed by atoms with Crippen LogP contribution < -0.4 is 26.2 Å². The van der Waals surface area contributed by atoms with E-state index in [0.29, 0.717) is 5.56 Å². The van der Waals surface area contributed by atoms with E-state index in [1.807, 2.05) is 12.1 Å². The summed E-state index contributed by atoms with van der Waals surface area (Å²) in [5.74, 6) is 0. The van der Waals surface area contributed by atoms with Crippen LogP contribution in [0.15, 0.2) is 133 Å². The van der Waals surface area contributed by atoms with Crippen molar-refractivity contribution in [1.82, 2.24) is 0 Å². The first-order valence-corrected chi connectivity index (χ1v) is 26.1. The summed E-state index contributed by atoms with van der Waals surface area (Å²) in [6, 6.07) is 50.1. The van der Waals surface area contributed by atoms with Gasteiger partial charge in [0.2, 0.25) is 0 Å². The Balaban J connectivity index is 1.32. The van der Waals surface area contributed by atoms with Crippen molar-refractivity contribution in [3.63, 3.8) is 0 Å². The first-order chi connectivity index (χ1) is 34.1. The third kappa shape index (κ3) is 7.34. The number of aryl methyl sites for hydroxylation is 1. The monoisotopic (exact) mass is 922 g/mol. The normalized spacial score (nSPS) is 18.9. The summed E-state index contributed by atoms with van der Waals surface area (Å²) in [5.41, 5.74) is 22.4. The van der Waals surface area contributed by atoms with E-state index in [2.05, 4.69) is 228 Å². The second kappa shape index (κ2) is 15.6. The second-order valence-corrected chi connectivity index (χ2v) is 26.2. The molecule has 2 aliphatic carbocycles. The minimum absolute atomic E-state index is 0.0339. The predicted octanol–water partition coefficient (Wildman–Crippen LogP) is 16.7. The molecule has 356 valence electrons. The maximum absolute atomic E-state index is 9.33. The van der Waals surface area contributed by atoms with Crippen molar-refractivity contribution in [3.05, 3.63) is 172 Å². The molecule has 0 saturated carbocycles. The van der Waals surface area contributed by atoms with E-state index >= 15 is 0 Å². The number of hydrogen-bond donors (Lipinski definition) is 0. The summed E-state index contributed by atoms with van der Waals surface area (Å²) in [6.07, 6.45) is 4.43. The van der Waals surface area contributed by atoms with E-state index in [-0.39, 0.29) is 39.2 Å². The Labute approximate surface area is 425 Å². The molecular weight excluding hydrogens is 844 g/mol. The molecule has 2 nitrogen and oxygen atoms in total. The molecule has 0 radical (unpaired) electrons. The van der Waals surface area contributed by atoms with Crippen LogP contribution in [0.1, 0.15) is 166 Å². The molecule has 0 atom stereocenters. The fourth-order valence-corrected chi connectivity index (χ4v) is 12.9. The standard InChI is InChI=1S/C67H75BN2/c1-42-34-59-61-60(35-42)70(56-39-47(43-22-18-16-19-23-43)50(63(5,6)7)38-48(56)44-24-20-17-21-25-44)57-36-45(62(2,3)4)26-29-54(57)68(61)55-40-52-53(67(14,15)33-32-66(52,12)13)41-58(55)69(59)46-27-28-49-51(37-46)65(10,11)31-30-64(49,8)9/h16-29,34-41H,30-33H2,1-15H3/i1D3. The van der Waals surface area contributed by atoms with Gasteiger partial charge < -0.3 is 9.80 Å². The van der Waals surface area contributed by atoms with Crippen LogP contribution in [0.25, 0.3) is 22.3 Å². The van der Waals surface area contributed by atoms with Gasteiger partial charge in [0.05, 0.1) is 5.69 Å². The first-order valence-electron chi connectivity index (χ1n) is 27.6. The van der Waals surface area contributed by atoms with Gasteiger partial charge in [-0.15, -0.1) is 0 Å². The summed E-state index contributed by atoms with van der Waals surface area (Å²) in [6.45, 7) is 30.6. The summed E-state index contributed by atoms with van der Waals surface area (Å²) < 4.78 is 28.0. The third-order valence-electron chi connectivity index (χ3n) is 17.4. The molecule has 7 aromatic carbocycles. The molecule has 0 bridgehead atoms. The molecule has 4 aliphatic rings. The molecular formula is C67H75BN2. The number of anilines is 6. The third-order valence-corrected chi connectivity index (χ3v) is 17.4. The van der Waals surface area contributed by atoms with Gasteiger partial charge in [0.15, 0.2) is 0 Å². The molecule has 0 amide bonds. The molecule has 0 fully saturated rings. The summed E-state index contributed by atoms with van der Waals surface area (Å²) in [5, 5.41) is 0. The van der Waals surface area contributed by atoms with Crippen LogP contribution >= 0.6 is 0 Å². The number of rotatable bonds is 4. The molecule has 11 rings (SSSR count). The maximum atomic E-state index is 9.33. The zero-order valence-electron chi connectivity index (χ0n) is 47.5. The average Bonchev–Trinajstić information content (AvgIpc) is 3.33. The Morgan fingerprint density at radius 2 is 0.971 bits per heavy atom. The fourth-order valence-electron chi connectivity index (χ4n) is 12.9. The minimum Gasteiger partial charge on any atom is -0.311 e. The number of nitrogens with zero attached hydrogens (tertiary/aromatic N) is 2. The number of fused-ring (bicyclic) bond motifs is 6. The average molecular weight is 922 g/mol. The van der Waals surface area contributed by atoms with Crippen LogP contribution in [0.4, 0.5) is 34.1 Å². The molecule has 0 aromatic heterocycles. The smallest absolute Gasteiger partial charge is 0.252 e. The van der Waals surface area contributed by atoms with Crippen LogP contribution in [-0.4, -0.2) is 6.71 Å². The van der Waals surface area contributed by atoms with Gasteiger partial charge in [0.1, 0.15) is 0 Å². The fraction of sp³-hybridized carbons (Fsp3) is 0.373. The Kier molecular flexibility index (Phi) is 9.59. The van der Waals surface area contributed by atoms with Gasteiger partial charge in [0.25, 0.3) is 6.71 Å². The van der Waals surface area contributed by atoms with E-state index in [9.17, 15) is 4.11 Å². The lowest BCUT2D eigenvalue weighted by Gasteiger charge is -2.48. The van der Waals surface area contributed by atoms with Crippen LogP contribution in [0.3, 0.4) is 0 Å². The Hall–Kier alpha value is -5.80. The Morgan fingerprint density at radius 1 is 0.443 bits per heavy atom. The van der Waals surface area contributed by atoms with Crippen LogP contribution in [0, 0.1) is 6.85 Å². The van der Waals surface area contributed by atoms with E-state index in [4.69, 9.17) is 0 Å². The van der Waals surface area contributed by atoms with Gasteiger partial charge in [-0.2, -0.15) is 0 Å². The van der Waals surface area contributed by atoms with E-state index in [0.717, 1.165) is 82.0 Å². The van der Waals surface area contributed by atoms with Gasteiger partial charge in [0, 0.05) is 38.1 Å². The van der Waals surface area contributed by atoms with Crippen LogP contribution in [0.5, 0.6) is 0 Å². The highest BCUT2D eigenvalue weighted by Gasteiger charge is 2.48. The Bertz CT molecular complexity index is 3360.